The first-order chi connectivity index (χ1) is 8.13. The number of hydrogen-bond acceptors (Lipinski definition) is 1. The van der Waals surface area contributed by atoms with Crippen molar-refractivity contribution in [3.63, 3.8) is 0 Å². The molecule has 0 bridgehead atoms. The molecule has 0 fully saturated rings. The monoisotopic (exact) mass is 232 g/mol. The summed E-state index contributed by atoms with van der Waals surface area (Å²) in [6, 6.07) is 9.55. The molecule has 0 unspecified atom stereocenters. The number of rotatable bonds is 1. The van der Waals surface area contributed by atoms with Crippen molar-refractivity contribution in [3.8, 4) is 17.2 Å². The van der Waals surface area contributed by atoms with Gasteiger partial charge in [-0.1, -0.05) is 18.2 Å². The van der Waals surface area contributed by atoms with Crippen LogP contribution in [0.25, 0.3) is 11.1 Å². The van der Waals surface area contributed by atoms with Crippen LogP contribution in [0.3, 0.4) is 0 Å². The highest BCUT2D eigenvalue weighted by molar-refractivity contribution is 5.66. The largest absolute Gasteiger partial charge is 0.206 e. The molecule has 0 N–H and O–H groups in total. The lowest BCUT2D eigenvalue weighted by Crippen LogP contribution is -1.94. The van der Waals surface area contributed by atoms with Gasteiger partial charge in [-0.15, -0.1) is 0 Å². The van der Waals surface area contributed by atoms with Crippen molar-refractivity contribution >= 4 is 0 Å². The van der Waals surface area contributed by atoms with Gasteiger partial charge in [0.2, 0.25) is 0 Å². The normalized spacial score (nSPS) is 10.0. The number of hydrogen-bond donors (Lipinski definition) is 0. The van der Waals surface area contributed by atoms with E-state index in [1.54, 1.807) is 6.07 Å². The second-order valence-electron chi connectivity index (χ2n) is 3.32. The zero-order chi connectivity index (χ0) is 12.4. The Morgan fingerprint density at radius 1 is 1.12 bits per heavy atom. The average molecular weight is 232 g/mol. The first kappa shape index (κ1) is 11.2. The minimum absolute atomic E-state index is 0.149. The predicted molar refractivity (Wildman–Crippen MR) is 55.3 cm³/mol. The third-order valence-electron chi connectivity index (χ3n) is 2.25. The summed E-state index contributed by atoms with van der Waals surface area (Å²) in [5.74, 6) is -2.78. The van der Waals surface area contributed by atoms with Crippen LogP contribution in [0.4, 0.5) is 13.2 Å². The molecule has 0 heterocycles. The zero-order valence-electron chi connectivity index (χ0n) is 8.47. The lowest BCUT2D eigenvalue weighted by atomic mass is 10.0. The first-order valence-corrected chi connectivity index (χ1v) is 4.69. The van der Waals surface area contributed by atoms with Gasteiger partial charge in [-0.25, -0.2) is 13.2 Å². The van der Waals surface area contributed by atoms with Crippen LogP contribution in [0.2, 0.25) is 0 Å². The predicted octanol–water partition coefficient (Wildman–Crippen LogP) is 3.44. The molecule has 0 aromatic heterocycles. The minimum atomic E-state index is -0.972. The van der Waals surface area contributed by atoms with E-state index in [1.807, 2.05) is 0 Å². The van der Waals surface area contributed by atoms with Gasteiger partial charge in [0.1, 0.15) is 17.5 Å². The Hall–Kier alpha value is -2.28. The molecule has 0 aliphatic rings. The first-order valence-electron chi connectivity index (χ1n) is 4.69. The molecule has 0 aliphatic carbocycles. The molecule has 0 aliphatic heterocycles. The third-order valence-corrected chi connectivity index (χ3v) is 2.25. The Kier molecular flexibility index (Phi) is 2.84. The van der Waals surface area contributed by atoms with Crippen LogP contribution in [-0.4, -0.2) is 0 Å². The molecular formula is C13H5F3N. The maximum atomic E-state index is 13.6. The van der Waals surface area contributed by atoms with E-state index in [0.29, 0.717) is 0 Å². The SMILES string of the molecule is N#Cc1cc(F)c(-c2ccc[c]c2F)c(F)c1. The van der Waals surface area contributed by atoms with E-state index < -0.39 is 23.0 Å². The van der Waals surface area contributed by atoms with E-state index in [-0.39, 0.29) is 11.1 Å². The van der Waals surface area contributed by atoms with Crippen molar-refractivity contribution in [2.24, 2.45) is 0 Å². The highest BCUT2D eigenvalue weighted by Crippen LogP contribution is 2.28. The van der Waals surface area contributed by atoms with Gasteiger partial charge in [-0.2, -0.15) is 5.26 Å². The maximum Gasteiger partial charge on any atom is 0.139 e. The Morgan fingerprint density at radius 2 is 1.76 bits per heavy atom. The maximum absolute atomic E-state index is 13.6. The van der Waals surface area contributed by atoms with Gasteiger partial charge in [-0.3, -0.25) is 0 Å². The van der Waals surface area contributed by atoms with Gasteiger partial charge < -0.3 is 0 Å². The summed E-state index contributed by atoms with van der Waals surface area (Å²) >= 11 is 0. The molecular weight excluding hydrogens is 227 g/mol. The molecule has 4 heteroatoms. The molecule has 1 radical (unpaired) electrons. The summed E-state index contributed by atoms with van der Waals surface area (Å²) in [7, 11) is 0. The zero-order valence-corrected chi connectivity index (χ0v) is 8.47. The number of nitrogens with zero attached hydrogens (tertiary/aromatic N) is 1. The lowest BCUT2D eigenvalue weighted by Gasteiger charge is -2.06. The molecule has 0 saturated heterocycles. The molecule has 2 aromatic carbocycles. The van der Waals surface area contributed by atoms with E-state index in [2.05, 4.69) is 6.07 Å². The van der Waals surface area contributed by atoms with Gasteiger partial charge in [0.25, 0.3) is 0 Å². The second kappa shape index (κ2) is 4.30. The molecule has 0 amide bonds. The van der Waals surface area contributed by atoms with E-state index >= 15 is 0 Å². The Labute approximate surface area is 95.7 Å². The molecule has 2 rings (SSSR count). The van der Waals surface area contributed by atoms with Crippen molar-refractivity contribution in [3.05, 3.63) is 59.4 Å². The lowest BCUT2D eigenvalue weighted by molar-refractivity contribution is 0.581. The number of halogens is 3. The van der Waals surface area contributed by atoms with Crippen molar-refractivity contribution in [2.45, 2.75) is 0 Å². The molecule has 83 valence electrons. The van der Waals surface area contributed by atoms with Gasteiger partial charge in [0.15, 0.2) is 0 Å². The van der Waals surface area contributed by atoms with Gasteiger partial charge in [0.05, 0.1) is 17.2 Å². The molecule has 0 spiro atoms. The standard InChI is InChI=1S/C13H5F3N/c14-10-4-2-1-3-9(10)13-11(15)5-8(7-17)6-12(13)16/h1-3,5-6H. The van der Waals surface area contributed by atoms with Gasteiger partial charge >= 0.3 is 0 Å². The fourth-order valence-corrected chi connectivity index (χ4v) is 1.50. The fraction of sp³-hybridized carbons (Fsp3) is 0. The van der Waals surface area contributed by atoms with E-state index in [1.165, 1.54) is 18.2 Å². The molecule has 1 nitrogen and oxygen atoms in total. The Balaban J connectivity index is 2.70. The van der Waals surface area contributed by atoms with E-state index in [4.69, 9.17) is 5.26 Å². The summed E-state index contributed by atoms with van der Waals surface area (Å²) in [5.41, 5.74) is -0.852. The smallest absolute Gasteiger partial charge is 0.139 e. The van der Waals surface area contributed by atoms with Crippen LogP contribution in [-0.2, 0) is 0 Å². The summed E-state index contributed by atoms with van der Waals surface area (Å²) in [4.78, 5) is 0. The second-order valence-corrected chi connectivity index (χ2v) is 3.32. The van der Waals surface area contributed by atoms with Crippen LogP contribution >= 0.6 is 0 Å². The highest BCUT2D eigenvalue weighted by atomic mass is 19.1. The summed E-state index contributed by atoms with van der Waals surface area (Å²) in [5, 5.41) is 8.54. The van der Waals surface area contributed by atoms with Crippen molar-refractivity contribution in [1.82, 2.24) is 0 Å². The average Bonchev–Trinajstić information content (AvgIpc) is 2.30. The summed E-state index contributed by atoms with van der Waals surface area (Å²) in [6.45, 7) is 0. The number of nitriles is 1. The van der Waals surface area contributed by atoms with Crippen LogP contribution in [0.5, 0.6) is 0 Å². The van der Waals surface area contributed by atoms with E-state index in [9.17, 15) is 13.2 Å². The number of benzene rings is 2. The van der Waals surface area contributed by atoms with Crippen LogP contribution in [0.1, 0.15) is 5.56 Å². The van der Waals surface area contributed by atoms with Crippen LogP contribution < -0.4 is 0 Å². The summed E-state index contributed by atoms with van der Waals surface area (Å²) < 4.78 is 40.5. The van der Waals surface area contributed by atoms with Crippen LogP contribution in [0, 0.1) is 34.8 Å². The fourth-order valence-electron chi connectivity index (χ4n) is 1.50. The molecule has 17 heavy (non-hydrogen) atoms. The van der Waals surface area contributed by atoms with Gasteiger partial charge in [0, 0.05) is 11.6 Å². The minimum Gasteiger partial charge on any atom is -0.206 e. The van der Waals surface area contributed by atoms with E-state index in [0.717, 1.165) is 12.1 Å². The molecule has 2 aromatic rings. The Morgan fingerprint density at radius 3 is 2.29 bits per heavy atom. The van der Waals surface area contributed by atoms with Crippen molar-refractivity contribution < 1.29 is 13.2 Å². The van der Waals surface area contributed by atoms with Crippen molar-refractivity contribution in [1.29, 1.82) is 5.26 Å². The Bertz CT molecular complexity index is 591. The van der Waals surface area contributed by atoms with Crippen LogP contribution in [0.15, 0.2) is 30.3 Å². The van der Waals surface area contributed by atoms with Gasteiger partial charge in [-0.05, 0) is 12.1 Å². The molecule has 0 saturated carbocycles. The topological polar surface area (TPSA) is 23.8 Å². The third kappa shape index (κ3) is 2.00. The van der Waals surface area contributed by atoms with Crippen molar-refractivity contribution in [2.75, 3.05) is 0 Å². The molecule has 0 atom stereocenters. The highest BCUT2D eigenvalue weighted by Gasteiger charge is 2.16. The quantitative estimate of drug-likeness (QED) is 0.738. The summed E-state index contributed by atoms with van der Waals surface area (Å²) in [6.07, 6.45) is 0.